The van der Waals surface area contributed by atoms with Crippen LogP contribution in [0.15, 0.2) is 24.3 Å². The van der Waals surface area contributed by atoms with Crippen LogP contribution in [0.1, 0.15) is 296 Å². The van der Waals surface area contributed by atoms with Gasteiger partial charge in [-0.25, -0.2) is 0 Å². The van der Waals surface area contributed by atoms with Crippen LogP contribution in [0.4, 0.5) is 0 Å². The van der Waals surface area contributed by atoms with E-state index in [1.165, 1.54) is 238 Å². The number of allylic oxidation sites excluding steroid dienone is 4. The molecule has 0 heterocycles. The number of ether oxygens (including phenoxy) is 1. The van der Waals surface area contributed by atoms with Gasteiger partial charge in [0, 0.05) is 25.4 Å². The van der Waals surface area contributed by atoms with E-state index >= 15 is 0 Å². The highest BCUT2D eigenvalue weighted by atomic mass is 16.5. The van der Waals surface area contributed by atoms with Crippen molar-refractivity contribution in [3.05, 3.63) is 24.3 Å². The van der Waals surface area contributed by atoms with E-state index in [2.05, 4.69) is 36.5 Å². The van der Waals surface area contributed by atoms with E-state index in [1.54, 1.807) is 0 Å². The molecule has 62 heavy (non-hydrogen) atoms. The van der Waals surface area contributed by atoms with Crippen LogP contribution >= 0.6 is 0 Å². The molecular formula is C56H108N2O4. The lowest BCUT2D eigenvalue weighted by atomic mass is 10.0. The number of hydrogen-bond donors (Lipinski definition) is 3. The first kappa shape index (κ1) is 60.3. The zero-order valence-corrected chi connectivity index (χ0v) is 41.6. The highest BCUT2D eigenvalue weighted by molar-refractivity contribution is 5.69. The largest absolute Gasteiger partial charge is 0.481 e. The van der Waals surface area contributed by atoms with Crippen molar-refractivity contribution in [2.75, 3.05) is 19.7 Å². The Balaban J connectivity index is 3.34. The lowest BCUT2D eigenvalue weighted by molar-refractivity contribution is -0.144. The zero-order chi connectivity index (χ0) is 44.9. The van der Waals surface area contributed by atoms with Crippen LogP contribution in [0.25, 0.3) is 0 Å². The molecule has 0 aromatic carbocycles. The first-order valence-electron chi connectivity index (χ1n) is 27.7. The van der Waals surface area contributed by atoms with Gasteiger partial charge in [-0.2, -0.15) is 0 Å². The van der Waals surface area contributed by atoms with Gasteiger partial charge in [-0.1, -0.05) is 224 Å². The molecule has 1 atom stereocenters. The summed E-state index contributed by atoms with van der Waals surface area (Å²) in [6, 6.07) is 0.482. The van der Waals surface area contributed by atoms with E-state index in [9.17, 15) is 9.59 Å². The summed E-state index contributed by atoms with van der Waals surface area (Å²) in [5.41, 5.74) is 6.07. The number of carboxylic acids is 1. The van der Waals surface area contributed by atoms with E-state index in [4.69, 9.17) is 15.6 Å². The Morgan fingerprint density at radius 2 is 0.790 bits per heavy atom. The lowest BCUT2D eigenvalue weighted by Crippen LogP contribution is -2.36. The van der Waals surface area contributed by atoms with Gasteiger partial charge in [0.1, 0.15) is 0 Å². The first-order chi connectivity index (χ1) is 30.6. The van der Waals surface area contributed by atoms with E-state index in [0.29, 0.717) is 25.5 Å². The van der Waals surface area contributed by atoms with Crippen LogP contribution in [-0.2, 0) is 14.3 Å². The van der Waals surface area contributed by atoms with Gasteiger partial charge in [0.15, 0.2) is 0 Å². The predicted octanol–water partition coefficient (Wildman–Crippen LogP) is 17.2. The summed E-state index contributed by atoms with van der Waals surface area (Å²) in [4.78, 5) is 22.6. The fraction of sp³-hybridized carbons (Fsp3) is 0.893. The molecule has 0 aromatic rings. The summed E-state index contributed by atoms with van der Waals surface area (Å²) in [5, 5.41) is 12.4. The van der Waals surface area contributed by atoms with E-state index in [-0.39, 0.29) is 5.97 Å². The number of nitrogens with two attached hydrogens (primary N) is 1. The van der Waals surface area contributed by atoms with Gasteiger partial charge in [-0.05, 0) is 90.0 Å². The minimum absolute atomic E-state index is 0.00901. The first-order valence-corrected chi connectivity index (χ1v) is 27.7. The third-order valence-corrected chi connectivity index (χ3v) is 12.8. The Kier molecular flexibility index (Phi) is 52.2. The van der Waals surface area contributed by atoms with Crippen LogP contribution in [0.5, 0.6) is 0 Å². The van der Waals surface area contributed by atoms with Gasteiger partial charge >= 0.3 is 11.9 Å². The smallest absolute Gasteiger partial charge is 0.305 e. The number of unbranched alkanes of at least 4 members (excludes halogenated alkanes) is 37. The average molecular weight is 873 g/mol. The molecule has 6 nitrogen and oxygen atoms in total. The third kappa shape index (κ3) is 52.7. The second-order valence-electron chi connectivity index (χ2n) is 19.0. The molecule has 0 radical (unpaired) electrons. The Morgan fingerprint density at radius 1 is 0.452 bits per heavy atom. The van der Waals surface area contributed by atoms with E-state index in [1.807, 2.05) is 0 Å². The van der Waals surface area contributed by atoms with Crippen molar-refractivity contribution in [1.82, 2.24) is 5.32 Å². The second kappa shape index (κ2) is 53.7. The minimum atomic E-state index is -0.670. The molecule has 4 N–H and O–H groups in total. The van der Waals surface area contributed by atoms with Crippen molar-refractivity contribution in [3.8, 4) is 0 Å². The molecule has 0 spiro atoms. The van der Waals surface area contributed by atoms with Crippen molar-refractivity contribution >= 4 is 11.9 Å². The molecule has 0 aliphatic heterocycles. The number of carbonyl (C=O) groups is 2. The van der Waals surface area contributed by atoms with Crippen LogP contribution in [-0.4, -0.2) is 42.8 Å². The number of aliphatic carboxylic acids is 1. The third-order valence-electron chi connectivity index (χ3n) is 12.8. The van der Waals surface area contributed by atoms with Crippen LogP contribution in [0, 0.1) is 0 Å². The number of carbonyl (C=O) groups excluding carboxylic acids is 1. The molecular weight excluding hydrogens is 765 g/mol. The molecule has 366 valence electrons. The van der Waals surface area contributed by atoms with E-state index in [0.717, 1.165) is 51.6 Å². The number of carboxylic acid groups (broad SMARTS) is 1. The SMILES string of the molecule is CCCCCCCCCCCCCCCCCCOC(=O)CCCCCCC/C=C\CCCCCCCCNC(CN)CCCCCCCC/C=C\CCCCCCCC(=O)O. The van der Waals surface area contributed by atoms with Crippen molar-refractivity contribution in [3.63, 3.8) is 0 Å². The Hall–Kier alpha value is -1.66. The van der Waals surface area contributed by atoms with Gasteiger partial charge < -0.3 is 20.9 Å². The van der Waals surface area contributed by atoms with Crippen molar-refractivity contribution < 1.29 is 19.4 Å². The van der Waals surface area contributed by atoms with Crippen molar-refractivity contribution in [2.24, 2.45) is 5.73 Å². The highest BCUT2D eigenvalue weighted by Gasteiger charge is 2.06. The second-order valence-corrected chi connectivity index (χ2v) is 19.0. The summed E-state index contributed by atoms with van der Waals surface area (Å²) >= 11 is 0. The summed E-state index contributed by atoms with van der Waals surface area (Å²) in [5.74, 6) is -0.661. The van der Waals surface area contributed by atoms with Crippen molar-refractivity contribution in [1.29, 1.82) is 0 Å². The van der Waals surface area contributed by atoms with Gasteiger partial charge in [0.05, 0.1) is 6.61 Å². The Morgan fingerprint density at radius 3 is 1.19 bits per heavy atom. The maximum Gasteiger partial charge on any atom is 0.305 e. The molecule has 0 rings (SSSR count). The van der Waals surface area contributed by atoms with Gasteiger partial charge in [0.25, 0.3) is 0 Å². The highest BCUT2D eigenvalue weighted by Crippen LogP contribution is 2.16. The molecule has 0 aromatic heterocycles. The number of rotatable bonds is 53. The summed E-state index contributed by atoms with van der Waals surface area (Å²) < 4.78 is 5.48. The fourth-order valence-corrected chi connectivity index (χ4v) is 8.57. The summed E-state index contributed by atoms with van der Waals surface area (Å²) in [6.07, 6.45) is 65.5. The van der Waals surface area contributed by atoms with Crippen LogP contribution in [0.2, 0.25) is 0 Å². The minimum Gasteiger partial charge on any atom is -0.481 e. The maximum atomic E-state index is 12.1. The molecule has 1 unspecified atom stereocenters. The normalized spacial score (nSPS) is 12.3. The lowest BCUT2D eigenvalue weighted by Gasteiger charge is -2.16. The van der Waals surface area contributed by atoms with Crippen molar-refractivity contribution in [2.45, 2.75) is 302 Å². The number of hydrogen-bond acceptors (Lipinski definition) is 5. The standard InChI is InChI=1S/C56H108N2O4/c1-2-3-4-5-6-7-8-9-10-17-22-27-32-37-42-47-52-62-56(61)50-45-40-35-30-25-20-15-12-16-21-26-31-36-41-46-51-58-54(53-57)48-43-38-33-28-23-18-13-11-14-19-24-29-34-39-44-49-55(59)60/h11-12,14-15,54,58H,2-10,13,16-53,57H2,1H3,(H,59,60)/b14-11-,15-12-. The average Bonchev–Trinajstić information content (AvgIpc) is 3.27. The van der Waals surface area contributed by atoms with Crippen LogP contribution < -0.4 is 11.1 Å². The van der Waals surface area contributed by atoms with Gasteiger partial charge in [-0.3, -0.25) is 9.59 Å². The molecule has 0 bridgehead atoms. The zero-order valence-electron chi connectivity index (χ0n) is 41.6. The number of esters is 1. The maximum absolute atomic E-state index is 12.1. The monoisotopic (exact) mass is 873 g/mol. The Bertz CT molecular complexity index is 952. The van der Waals surface area contributed by atoms with E-state index < -0.39 is 5.97 Å². The van der Waals surface area contributed by atoms with Gasteiger partial charge in [-0.15, -0.1) is 0 Å². The molecule has 0 amide bonds. The molecule has 6 heteroatoms. The van der Waals surface area contributed by atoms with Crippen LogP contribution in [0.3, 0.4) is 0 Å². The molecule has 0 aliphatic carbocycles. The molecule has 0 saturated heterocycles. The molecule has 0 saturated carbocycles. The molecule has 0 fully saturated rings. The predicted molar refractivity (Wildman–Crippen MR) is 271 cm³/mol. The Labute approximate surface area is 387 Å². The summed E-state index contributed by atoms with van der Waals surface area (Å²) in [6.45, 7) is 4.77. The molecule has 0 aliphatic rings. The van der Waals surface area contributed by atoms with Gasteiger partial charge in [0.2, 0.25) is 0 Å². The topological polar surface area (TPSA) is 102 Å². The summed E-state index contributed by atoms with van der Waals surface area (Å²) in [7, 11) is 0. The quantitative estimate of drug-likeness (QED) is 0.0320. The fourth-order valence-electron chi connectivity index (χ4n) is 8.57. The number of nitrogens with one attached hydrogen (secondary N) is 1.